The van der Waals surface area contributed by atoms with Gasteiger partial charge in [-0.15, -0.1) is 16.4 Å². The zero-order valence-corrected chi connectivity index (χ0v) is 16.3. The lowest BCUT2D eigenvalue weighted by molar-refractivity contribution is 0.604. The Balaban J connectivity index is 1.69. The fourth-order valence-electron chi connectivity index (χ4n) is 2.49. The summed E-state index contributed by atoms with van der Waals surface area (Å²) < 4.78 is 1.68. The third-order valence-corrected chi connectivity index (χ3v) is 5.85. The van der Waals surface area contributed by atoms with Gasteiger partial charge in [-0.05, 0) is 17.9 Å². The number of thioether (sulfide) groups is 1. The molecule has 5 nitrogen and oxygen atoms in total. The van der Waals surface area contributed by atoms with Gasteiger partial charge in [0.25, 0.3) is 0 Å². The minimum Gasteiger partial charge on any atom is -0.270 e. The first kappa shape index (κ1) is 17.9. The minimum atomic E-state index is -0.145. The van der Waals surface area contributed by atoms with Crippen molar-refractivity contribution in [3.05, 3.63) is 51.4 Å². The van der Waals surface area contributed by atoms with Gasteiger partial charge in [0.1, 0.15) is 5.01 Å². The van der Waals surface area contributed by atoms with E-state index in [4.69, 9.17) is 4.98 Å². The molecular formula is C18H22N4OS2. The van der Waals surface area contributed by atoms with Crippen molar-refractivity contribution < 1.29 is 0 Å². The van der Waals surface area contributed by atoms with Gasteiger partial charge in [0, 0.05) is 23.2 Å². The Hall–Kier alpha value is -1.86. The Labute approximate surface area is 155 Å². The van der Waals surface area contributed by atoms with E-state index >= 15 is 0 Å². The van der Waals surface area contributed by atoms with Crippen molar-refractivity contribution >= 4 is 23.1 Å². The predicted octanol–water partition coefficient (Wildman–Crippen LogP) is 4.52. The van der Waals surface area contributed by atoms with Crippen molar-refractivity contribution in [2.45, 2.75) is 50.6 Å². The Morgan fingerprint density at radius 2 is 2.04 bits per heavy atom. The number of H-pyrrole nitrogens is 1. The zero-order chi connectivity index (χ0) is 17.8. The first-order valence-corrected chi connectivity index (χ1v) is 10.3. The zero-order valence-electron chi connectivity index (χ0n) is 14.7. The molecule has 0 saturated carbocycles. The van der Waals surface area contributed by atoms with Crippen LogP contribution in [0.4, 0.5) is 0 Å². The summed E-state index contributed by atoms with van der Waals surface area (Å²) in [5, 5.41) is 10.5. The fourth-order valence-corrected chi connectivity index (χ4v) is 4.29. The number of aromatic amines is 1. The molecule has 1 N–H and O–H groups in total. The minimum absolute atomic E-state index is 0.145. The maximum absolute atomic E-state index is 11.7. The van der Waals surface area contributed by atoms with Crippen molar-refractivity contribution in [1.29, 1.82) is 0 Å². The van der Waals surface area contributed by atoms with E-state index in [0.717, 1.165) is 27.8 Å². The van der Waals surface area contributed by atoms with Crippen LogP contribution in [0.1, 0.15) is 44.4 Å². The van der Waals surface area contributed by atoms with Gasteiger partial charge in [0.2, 0.25) is 0 Å². The Morgan fingerprint density at radius 1 is 1.28 bits per heavy atom. The molecule has 25 heavy (non-hydrogen) atoms. The van der Waals surface area contributed by atoms with Crippen LogP contribution in [0.3, 0.4) is 0 Å². The highest BCUT2D eigenvalue weighted by Crippen LogP contribution is 2.28. The van der Waals surface area contributed by atoms with Crippen LogP contribution in [-0.2, 0) is 12.3 Å². The van der Waals surface area contributed by atoms with Gasteiger partial charge in [0.15, 0.2) is 5.16 Å². The lowest BCUT2D eigenvalue weighted by Crippen LogP contribution is -2.17. The smallest absolute Gasteiger partial charge is 0.270 e. The maximum Gasteiger partial charge on any atom is 0.343 e. The van der Waals surface area contributed by atoms with Gasteiger partial charge < -0.3 is 0 Å². The molecule has 0 radical (unpaired) electrons. The van der Waals surface area contributed by atoms with E-state index in [2.05, 4.69) is 53.7 Å². The molecule has 0 aliphatic rings. The summed E-state index contributed by atoms with van der Waals surface area (Å²) in [5.41, 5.74) is 3.35. The highest BCUT2D eigenvalue weighted by atomic mass is 32.2. The molecule has 0 aliphatic carbocycles. The molecule has 3 rings (SSSR count). The molecule has 1 aromatic carbocycles. The fraction of sp³-hybridized carbons (Fsp3) is 0.389. The van der Waals surface area contributed by atoms with Crippen molar-refractivity contribution in [1.82, 2.24) is 19.7 Å². The van der Waals surface area contributed by atoms with Crippen LogP contribution in [0, 0.1) is 0 Å². The van der Waals surface area contributed by atoms with Crippen molar-refractivity contribution in [2.75, 3.05) is 0 Å². The average molecular weight is 375 g/mol. The summed E-state index contributed by atoms with van der Waals surface area (Å²) >= 11 is 3.19. The van der Waals surface area contributed by atoms with Crippen molar-refractivity contribution in [2.24, 2.45) is 0 Å². The van der Waals surface area contributed by atoms with E-state index in [9.17, 15) is 4.79 Å². The quantitative estimate of drug-likeness (QED) is 0.618. The molecule has 0 spiro atoms. The van der Waals surface area contributed by atoms with Gasteiger partial charge in [-0.2, -0.15) is 0 Å². The van der Waals surface area contributed by atoms with E-state index in [1.165, 1.54) is 5.56 Å². The Kier molecular flexibility index (Phi) is 5.75. The summed E-state index contributed by atoms with van der Waals surface area (Å²) in [5.74, 6) is 1.24. The Bertz CT molecular complexity index is 877. The third-order valence-electron chi connectivity index (χ3n) is 3.90. The van der Waals surface area contributed by atoms with Crippen molar-refractivity contribution in [3.8, 4) is 10.6 Å². The molecule has 0 bridgehead atoms. The Morgan fingerprint density at radius 3 is 2.72 bits per heavy atom. The second kappa shape index (κ2) is 8.01. The van der Waals surface area contributed by atoms with E-state index in [-0.39, 0.29) is 5.69 Å². The van der Waals surface area contributed by atoms with Crippen LogP contribution in [0.2, 0.25) is 0 Å². The highest BCUT2D eigenvalue weighted by molar-refractivity contribution is 7.98. The molecule has 0 amide bonds. The number of nitrogens with zero attached hydrogens (tertiary/aromatic N) is 3. The SMILES string of the molecule is CCCn1c(SCc2csc(-c3ccc(C(C)C)cc3)n2)n[nH]c1=O. The summed E-state index contributed by atoms with van der Waals surface area (Å²) in [6.45, 7) is 7.12. The van der Waals surface area contributed by atoms with Crippen LogP contribution in [0.25, 0.3) is 10.6 Å². The number of benzene rings is 1. The molecule has 7 heteroatoms. The molecule has 132 valence electrons. The molecule has 0 saturated heterocycles. The molecule has 0 atom stereocenters. The third kappa shape index (κ3) is 4.22. The number of hydrogen-bond acceptors (Lipinski definition) is 5. The summed E-state index contributed by atoms with van der Waals surface area (Å²) in [6, 6.07) is 8.61. The number of rotatable bonds is 7. The van der Waals surface area contributed by atoms with Crippen molar-refractivity contribution in [3.63, 3.8) is 0 Å². The van der Waals surface area contributed by atoms with Crippen LogP contribution in [-0.4, -0.2) is 19.7 Å². The molecule has 0 aliphatic heterocycles. The lowest BCUT2D eigenvalue weighted by atomic mass is 10.0. The van der Waals surface area contributed by atoms with Gasteiger partial charge in [-0.3, -0.25) is 4.57 Å². The summed E-state index contributed by atoms with van der Waals surface area (Å²) in [4.78, 5) is 16.4. The lowest BCUT2D eigenvalue weighted by Gasteiger charge is -2.05. The molecular weight excluding hydrogens is 352 g/mol. The van der Waals surface area contributed by atoms with E-state index in [0.29, 0.717) is 18.2 Å². The van der Waals surface area contributed by atoms with Gasteiger partial charge in [0.05, 0.1) is 5.69 Å². The highest BCUT2D eigenvalue weighted by Gasteiger charge is 2.11. The van der Waals surface area contributed by atoms with Gasteiger partial charge >= 0.3 is 5.69 Å². The second-order valence-electron chi connectivity index (χ2n) is 6.17. The number of hydrogen-bond donors (Lipinski definition) is 1. The number of aromatic nitrogens is 4. The molecule has 3 aromatic rings. The van der Waals surface area contributed by atoms with E-state index in [1.54, 1.807) is 27.7 Å². The average Bonchev–Trinajstić information content (AvgIpc) is 3.21. The van der Waals surface area contributed by atoms with Gasteiger partial charge in [-0.1, -0.05) is 56.8 Å². The first-order chi connectivity index (χ1) is 12.1. The van der Waals surface area contributed by atoms with Crippen LogP contribution >= 0.6 is 23.1 Å². The summed E-state index contributed by atoms with van der Waals surface area (Å²) in [7, 11) is 0. The van der Waals surface area contributed by atoms with Crippen LogP contribution in [0.15, 0.2) is 39.6 Å². The number of nitrogens with one attached hydrogen (secondary N) is 1. The van der Waals surface area contributed by atoms with Gasteiger partial charge in [-0.25, -0.2) is 14.9 Å². The van der Waals surface area contributed by atoms with Crippen LogP contribution in [0.5, 0.6) is 0 Å². The molecule has 0 fully saturated rings. The molecule has 2 heterocycles. The topological polar surface area (TPSA) is 63.6 Å². The standard InChI is InChI=1S/C18H22N4OS2/c1-4-9-22-17(23)20-21-18(22)25-11-15-10-24-16(19-15)14-7-5-13(6-8-14)12(2)3/h5-8,10,12H,4,9,11H2,1-3H3,(H,20,23). The first-order valence-electron chi connectivity index (χ1n) is 8.41. The summed E-state index contributed by atoms with van der Waals surface area (Å²) in [6.07, 6.45) is 0.903. The molecule has 0 unspecified atom stereocenters. The normalized spacial score (nSPS) is 11.4. The van der Waals surface area contributed by atoms with E-state index < -0.39 is 0 Å². The maximum atomic E-state index is 11.7. The largest absolute Gasteiger partial charge is 0.343 e. The number of thiazole rings is 1. The monoisotopic (exact) mass is 374 g/mol. The second-order valence-corrected chi connectivity index (χ2v) is 7.97. The van der Waals surface area contributed by atoms with Crippen LogP contribution < -0.4 is 5.69 Å². The molecule has 2 aromatic heterocycles. The van der Waals surface area contributed by atoms with E-state index in [1.807, 2.05) is 6.92 Å². The predicted molar refractivity (Wildman–Crippen MR) is 104 cm³/mol.